The van der Waals surface area contributed by atoms with Gasteiger partial charge in [-0.25, -0.2) is 0 Å². The predicted molar refractivity (Wildman–Crippen MR) is 70.4 cm³/mol. The molecule has 0 heterocycles. The number of halogens is 1. The maximum atomic E-state index is 10.8. The Labute approximate surface area is 110 Å². The monoisotopic (exact) mass is 318 g/mol. The number of rotatable bonds is 5. The van der Waals surface area contributed by atoms with Gasteiger partial charge in [-0.3, -0.25) is 4.18 Å². The fourth-order valence-corrected chi connectivity index (χ4v) is 2.70. The standard InChI is InChI=1S/C12H15BrO3S/c1-17(14,15)16-7-6-10-8-12(10)9-2-4-11(13)5-3-9/h2-5,10,12H,6-8H2,1H3/t10-,12-/m0/s1. The van der Waals surface area contributed by atoms with E-state index in [1.807, 2.05) is 12.1 Å². The van der Waals surface area contributed by atoms with E-state index >= 15 is 0 Å². The summed E-state index contributed by atoms with van der Waals surface area (Å²) in [5.74, 6) is 1.14. The SMILES string of the molecule is CS(=O)(=O)OCC[C@H]1C[C@H]1c1ccc(Br)cc1. The number of hydrogen-bond donors (Lipinski definition) is 0. The van der Waals surface area contributed by atoms with Crippen molar-refractivity contribution in [2.24, 2.45) is 5.92 Å². The van der Waals surface area contributed by atoms with Crippen LogP contribution in [0.15, 0.2) is 28.7 Å². The lowest BCUT2D eigenvalue weighted by Crippen LogP contribution is -2.04. The van der Waals surface area contributed by atoms with E-state index in [9.17, 15) is 8.42 Å². The molecule has 94 valence electrons. The molecule has 0 bridgehead atoms. The molecule has 0 aliphatic heterocycles. The lowest BCUT2D eigenvalue weighted by atomic mass is 10.1. The van der Waals surface area contributed by atoms with Crippen molar-refractivity contribution in [3.05, 3.63) is 34.3 Å². The summed E-state index contributed by atoms with van der Waals surface area (Å²) in [6.07, 6.45) is 3.04. The van der Waals surface area contributed by atoms with Crippen LogP contribution in [-0.4, -0.2) is 21.3 Å². The van der Waals surface area contributed by atoms with Gasteiger partial charge < -0.3 is 0 Å². The first kappa shape index (κ1) is 13.1. The molecule has 0 spiro atoms. The molecule has 1 saturated carbocycles. The van der Waals surface area contributed by atoms with Gasteiger partial charge in [-0.15, -0.1) is 0 Å². The Morgan fingerprint density at radius 3 is 2.59 bits per heavy atom. The molecular formula is C12H15BrO3S. The number of benzene rings is 1. The molecule has 0 saturated heterocycles. The van der Waals surface area contributed by atoms with Gasteiger partial charge in [0.05, 0.1) is 12.9 Å². The Morgan fingerprint density at radius 2 is 2.00 bits per heavy atom. The molecular weight excluding hydrogens is 304 g/mol. The molecule has 2 rings (SSSR count). The summed E-state index contributed by atoms with van der Waals surface area (Å²) in [7, 11) is -3.29. The molecule has 0 aromatic heterocycles. The van der Waals surface area contributed by atoms with Gasteiger partial charge in [0.2, 0.25) is 0 Å². The highest BCUT2D eigenvalue weighted by molar-refractivity contribution is 9.10. The molecule has 1 aliphatic rings. The zero-order valence-corrected chi connectivity index (χ0v) is 12.0. The summed E-state index contributed by atoms with van der Waals surface area (Å²) in [5.41, 5.74) is 1.33. The smallest absolute Gasteiger partial charge is 0.264 e. The first-order valence-electron chi connectivity index (χ1n) is 5.55. The van der Waals surface area contributed by atoms with E-state index in [4.69, 9.17) is 4.18 Å². The van der Waals surface area contributed by atoms with E-state index < -0.39 is 10.1 Å². The van der Waals surface area contributed by atoms with Crippen LogP contribution in [0.25, 0.3) is 0 Å². The lowest BCUT2D eigenvalue weighted by Gasteiger charge is -2.02. The van der Waals surface area contributed by atoms with Crippen molar-refractivity contribution in [1.29, 1.82) is 0 Å². The lowest BCUT2D eigenvalue weighted by molar-refractivity contribution is 0.307. The summed E-state index contributed by atoms with van der Waals surface area (Å²) in [4.78, 5) is 0. The van der Waals surface area contributed by atoms with Gasteiger partial charge in [-0.05, 0) is 42.4 Å². The molecule has 1 fully saturated rings. The molecule has 5 heteroatoms. The third-order valence-electron chi connectivity index (χ3n) is 3.01. The van der Waals surface area contributed by atoms with Crippen molar-refractivity contribution in [3.63, 3.8) is 0 Å². The second kappa shape index (κ2) is 5.08. The van der Waals surface area contributed by atoms with Crippen molar-refractivity contribution in [1.82, 2.24) is 0 Å². The van der Waals surface area contributed by atoms with E-state index in [-0.39, 0.29) is 0 Å². The van der Waals surface area contributed by atoms with E-state index in [0.29, 0.717) is 18.4 Å². The Hall–Kier alpha value is -0.390. The molecule has 0 unspecified atom stereocenters. The largest absolute Gasteiger partial charge is 0.270 e. The summed E-state index contributed by atoms with van der Waals surface area (Å²) in [6.45, 7) is 0.302. The summed E-state index contributed by atoms with van der Waals surface area (Å²) >= 11 is 3.41. The maximum absolute atomic E-state index is 10.8. The molecule has 1 aliphatic carbocycles. The van der Waals surface area contributed by atoms with Crippen LogP contribution in [0, 0.1) is 5.92 Å². The molecule has 1 aromatic rings. The van der Waals surface area contributed by atoms with Crippen molar-refractivity contribution in [3.8, 4) is 0 Å². The molecule has 0 radical (unpaired) electrons. The molecule has 17 heavy (non-hydrogen) atoms. The molecule has 2 atom stereocenters. The van der Waals surface area contributed by atoms with Crippen LogP contribution in [0.2, 0.25) is 0 Å². The zero-order chi connectivity index (χ0) is 12.5. The van der Waals surface area contributed by atoms with Gasteiger partial charge in [0, 0.05) is 4.47 Å². The first-order valence-corrected chi connectivity index (χ1v) is 8.16. The minimum absolute atomic E-state index is 0.302. The third kappa shape index (κ3) is 4.08. The van der Waals surface area contributed by atoms with E-state index in [1.165, 1.54) is 5.56 Å². The van der Waals surface area contributed by atoms with E-state index in [2.05, 4.69) is 28.1 Å². The highest BCUT2D eigenvalue weighted by Gasteiger charge is 2.37. The van der Waals surface area contributed by atoms with Crippen LogP contribution in [0.4, 0.5) is 0 Å². The maximum Gasteiger partial charge on any atom is 0.264 e. The second-order valence-electron chi connectivity index (χ2n) is 4.47. The second-order valence-corrected chi connectivity index (χ2v) is 7.03. The van der Waals surface area contributed by atoms with Crippen molar-refractivity contribution in [2.45, 2.75) is 18.8 Å². The molecule has 0 N–H and O–H groups in total. The first-order chi connectivity index (χ1) is 7.96. The summed E-state index contributed by atoms with van der Waals surface area (Å²) < 4.78 is 27.4. The number of hydrogen-bond acceptors (Lipinski definition) is 3. The summed E-state index contributed by atoms with van der Waals surface area (Å²) in [5, 5.41) is 0. The van der Waals surface area contributed by atoms with Crippen LogP contribution in [-0.2, 0) is 14.3 Å². The van der Waals surface area contributed by atoms with Crippen LogP contribution in [0.1, 0.15) is 24.3 Å². The fraction of sp³-hybridized carbons (Fsp3) is 0.500. The average molecular weight is 319 g/mol. The zero-order valence-electron chi connectivity index (χ0n) is 9.60. The van der Waals surface area contributed by atoms with Gasteiger partial charge in [-0.2, -0.15) is 8.42 Å². The quantitative estimate of drug-likeness (QED) is 0.784. The summed E-state index contributed by atoms with van der Waals surface area (Å²) in [6, 6.07) is 8.31. The van der Waals surface area contributed by atoms with Gasteiger partial charge in [0.1, 0.15) is 0 Å². The van der Waals surface area contributed by atoms with Crippen LogP contribution in [0.3, 0.4) is 0 Å². The molecule has 3 nitrogen and oxygen atoms in total. The Kier molecular flexibility index (Phi) is 3.90. The fourth-order valence-electron chi connectivity index (χ4n) is 2.04. The minimum Gasteiger partial charge on any atom is -0.270 e. The van der Waals surface area contributed by atoms with Crippen LogP contribution in [0.5, 0.6) is 0 Å². The predicted octanol–water partition coefficient (Wildman–Crippen LogP) is 2.92. The van der Waals surface area contributed by atoms with Crippen molar-refractivity contribution < 1.29 is 12.6 Å². The van der Waals surface area contributed by atoms with E-state index in [0.717, 1.165) is 23.6 Å². The topological polar surface area (TPSA) is 43.4 Å². The highest BCUT2D eigenvalue weighted by atomic mass is 79.9. The minimum atomic E-state index is -3.29. The van der Waals surface area contributed by atoms with Gasteiger partial charge in [0.25, 0.3) is 10.1 Å². The van der Waals surface area contributed by atoms with Gasteiger partial charge in [-0.1, -0.05) is 28.1 Å². The molecule has 0 amide bonds. The highest BCUT2D eigenvalue weighted by Crippen LogP contribution is 2.49. The van der Waals surface area contributed by atoms with Crippen molar-refractivity contribution >= 4 is 26.0 Å². The van der Waals surface area contributed by atoms with Gasteiger partial charge >= 0.3 is 0 Å². The Bertz CT molecular complexity index is 481. The normalized spacial score (nSPS) is 23.6. The average Bonchev–Trinajstić information content (AvgIpc) is 2.96. The Balaban J connectivity index is 1.79. The Morgan fingerprint density at radius 1 is 1.35 bits per heavy atom. The molecule has 1 aromatic carbocycles. The van der Waals surface area contributed by atoms with Crippen LogP contribution >= 0.6 is 15.9 Å². The third-order valence-corrected chi connectivity index (χ3v) is 4.13. The van der Waals surface area contributed by atoms with E-state index in [1.54, 1.807) is 0 Å². The van der Waals surface area contributed by atoms with Crippen LogP contribution < -0.4 is 0 Å². The van der Waals surface area contributed by atoms with Crippen molar-refractivity contribution in [2.75, 3.05) is 12.9 Å². The van der Waals surface area contributed by atoms with Gasteiger partial charge in [0.15, 0.2) is 0 Å².